The van der Waals surface area contributed by atoms with E-state index in [1.165, 1.54) is 30.3 Å². The molecule has 0 radical (unpaired) electrons. The van der Waals surface area contributed by atoms with Gasteiger partial charge in [0.15, 0.2) is 5.76 Å². The second kappa shape index (κ2) is 8.30. The minimum atomic E-state index is -1.69. The molecule has 1 fully saturated rings. The first-order valence-corrected chi connectivity index (χ1v) is 9.50. The van der Waals surface area contributed by atoms with Crippen LogP contribution in [0.2, 0.25) is 0 Å². The van der Waals surface area contributed by atoms with Gasteiger partial charge in [-0.05, 0) is 24.3 Å². The molecule has 0 bridgehead atoms. The molecule has 11 heteroatoms. The molecule has 0 saturated carbocycles. The van der Waals surface area contributed by atoms with Gasteiger partial charge in [0.05, 0.1) is 6.61 Å². The lowest BCUT2D eigenvalue weighted by molar-refractivity contribution is -0.277. The monoisotopic (exact) mass is 448 g/mol. The van der Waals surface area contributed by atoms with Gasteiger partial charge in [0.2, 0.25) is 17.5 Å². The number of benzene rings is 2. The largest absolute Gasteiger partial charge is 0.508 e. The van der Waals surface area contributed by atoms with Gasteiger partial charge in [-0.2, -0.15) is 0 Å². The Morgan fingerprint density at radius 2 is 1.62 bits per heavy atom. The van der Waals surface area contributed by atoms with Crippen molar-refractivity contribution in [2.45, 2.75) is 30.7 Å². The maximum atomic E-state index is 12.6. The number of aliphatic hydroxyl groups excluding tert-OH is 4. The van der Waals surface area contributed by atoms with Crippen LogP contribution in [0.5, 0.6) is 23.0 Å². The summed E-state index contributed by atoms with van der Waals surface area (Å²) in [6, 6.07) is 7.69. The lowest BCUT2D eigenvalue weighted by Gasteiger charge is -2.39. The van der Waals surface area contributed by atoms with Crippen LogP contribution in [0.4, 0.5) is 0 Å². The quantitative estimate of drug-likeness (QED) is 0.279. The van der Waals surface area contributed by atoms with E-state index in [-0.39, 0.29) is 33.8 Å². The summed E-state index contributed by atoms with van der Waals surface area (Å²) in [5.74, 6) is -1.73. The lowest BCUT2D eigenvalue weighted by atomic mass is 9.99. The van der Waals surface area contributed by atoms with Crippen LogP contribution in [0.3, 0.4) is 0 Å². The summed E-state index contributed by atoms with van der Waals surface area (Å²) >= 11 is 0. The molecular weight excluding hydrogens is 428 g/mol. The van der Waals surface area contributed by atoms with Crippen molar-refractivity contribution in [3.05, 3.63) is 46.6 Å². The Morgan fingerprint density at radius 3 is 2.28 bits per heavy atom. The van der Waals surface area contributed by atoms with Crippen molar-refractivity contribution in [1.82, 2.24) is 0 Å². The van der Waals surface area contributed by atoms with Crippen LogP contribution in [0, 0.1) is 0 Å². The summed E-state index contributed by atoms with van der Waals surface area (Å²) in [6.45, 7) is -0.655. The number of phenols is 2. The van der Waals surface area contributed by atoms with Gasteiger partial charge in [0.1, 0.15) is 52.6 Å². The fraction of sp³-hybridized carbons (Fsp3) is 0.286. The lowest BCUT2D eigenvalue weighted by Crippen LogP contribution is -2.60. The van der Waals surface area contributed by atoms with Crippen LogP contribution in [0.15, 0.2) is 45.6 Å². The third-order valence-corrected chi connectivity index (χ3v) is 5.15. The minimum absolute atomic E-state index is 0.0377. The average Bonchev–Trinajstić information content (AvgIpc) is 2.77. The molecule has 1 saturated heterocycles. The van der Waals surface area contributed by atoms with Gasteiger partial charge < -0.3 is 49.6 Å². The van der Waals surface area contributed by atoms with Crippen molar-refractivity contribution < 1.29 is 49.6 Å². The van der Waals surface area contributed by atoms with Gasteiger partial charge in [-0.1, -0.05) is 0 Å². The number of aromatic hydroxyl groups is 3. The van der Waals surface area contributed by atoms with E-state index in [4.69, 9.17) is 13.9 Å². The molecule has 0 amide bonds. The van der Waals surface area contributed by atoms with Crippen molar-refractivity contribution in [2.24, 2.45) is 0 Å². The summed E-state index contributed by atoms with van der Waals surface area (Å²) in [4.78, 5) is 12.6. The summed E-state index contributed by atoms with van der Waals surface area (Å²) in [7, 11) is 0. The smallest absolute Gasteiger partial charge is 0.238 e. The maximum absolute atomic E-state index is 12.6. The van der Waals surface area contributed by atoms with Crippen LogP contribution >= 0.6 is 0 Å². The molecule has 11 nitrogen and oxygen atoms in total. The number of aliphatic hydroxyl groups is 4. The molecule has 1 aliphatic heterocycles. The van der Waals surface area contributed by atoms with Crippen molar-refractivity contribution in [2.75, 3.05) is 6.61 Å². The number of ether oxygens (including phenoxy) is 2. The summed E-state index contributed by atoms with van der Waals surface area (Å²) in [5, 5.41) is 68.9. The Labute approximate surface area is 179 Å². The molecule has 5 atom stereocenters. The van der Waals surface area contributed by atoms with Crippen LogP contribution in [-0.4, -0.2) is 73.1 Å². The summed E-state index contributed by atoms with van der Waals surface area (Å²) < 4.78 is 16.3. The maximum Gasteiger partial charge on any atom is 0.238 e. The van der Waals surface area contributed by atoms with E-state index >= 15 is 0 Å². The van der Waals surface area contributed by atoms with Crippen LogP contribution in [0.25, 0.3) is 22.3 Å². The molecule has 0 aliphatic carbocycles. The Bertz CT molecular complexity index is 1190. The van der Waals surface area contributed by atoms with E-state index in [2.05, 4.69) is 0 Å². The van der Waals surface area contributed by atoms with Crippen LogP contribution in [-0.2, 0) is 4.74 Å². The number of hydrogen-bond donors (Lipinski definition) is 7. The highest BCUT2D eigenvalue weighted by atomic mass is 16.7. The average molecular weight is 448 g/mol. The molecule has 3 aromatic rings. The molecular formula is C21H20O11. The highest BCUT2D eigenvalue weighted by molar-refractivity contribution is 5.88. The van der Waals surface area contributed by atoms with Crippen LogP contribution in [0.1, 0.15) is 0 Å². The molecule has 4 rings (SSSR count). The van der Waals surface area contributed by atoms with Crippen molar-refractivity contribution in [1.29, 1.82) is 0 Å². The molecule has 2 aromatic carbocycles. The Morgan fingerprint density at radius 1 is 0.938 bits per heavy atom. The van der Waals surface area contributed by atoms with E-state index in [1.54, 1.807) is 0 Å². The number of fused-ring (bicyclic) bond motifs is 1. The number of phenolic OH excluding ortho intramolecular Hbond substituents is 2. The van der Waals surface area contributed by atoms with E-state index in [9.17, 15) is 40.5 Å². The molecule has 1 aromatic heterocycles. The Hall–Kier alpha value is -3.35. The highest BCUT2D eigenvalue weighted by Gasteiger charge is 2.44. The van der Waals surface area contributed by atoms with Gasteiger partial charge in [-0.25, -0.2) is 0 Å². The van der Waals surface area contributed by atoms with E-state index in [0.29, 0.717) is 0 Å². The van der Waals surface area contributed by atoms with Gasteiger partial charge in [-0.3, -0.25) is 4.79 Å². The second-order valence-electron chi connectivity index (χ2n) is 7.29. The zero-order valence-electron chi connectivity index (χ0n) is 16.3. The van der Waals surface area contributed by atoms with Gasteiger partial charge in [0, 0.05) is 17.7 Å². The van der Waals surface area contributed by atoms with Crippen molar-refractivity contribution in [3.63, 3.8) is 0 Å². The SMILES string of the molecule is O=c1c(O)c(-c2ccc(O)cc2)oc2cc(OC3O[C@H](CO)[C@@H](O)[C@H](O)[C@H]3O)cc(O)c12. The third-order valence-electron chi connectivity index (χ3n) is 5.15. The molecule has 0 spiro atoms. The normalized spacial score (nSPS) is 25.7. The topological polar surface area (TPSA) is 190 Å². The van der Waals surface area contributed by atoms with E-state index in [0.717, 1.165) is 6.07 Å². The fourth-order valence-corrected chi connectivity index (χ4v) is 3.44. The number of rotatable bonds is 4. The Balaban J connectivity index is 1.75. The Kier molecular flexibility index (Phi) is 5.67. The fourth-order valence-electron chi connectivity index (χ4n) is 3.44. The van der Waals surface area contributed by atoms with Crippen molar-refractivity contribution >= 4 is 11.0 Å². The molecule has 7 N–H and O–H groups in total. The molecule has 32 heavy (non-hydrogen) atoms. The zero-order valence-corrected chi connectivity index (χ0v) is 16.3. The first-order valence-electron chi connectivity index (χ1n) is 9.50. The predicted octanol–water partition coefficient (Wildman–Crippen LogP) is -0.245. The zero-order chi connectivity index (χ0) is 23.2. The predicted molar refractivity (Wildman–Crippen MR) is 107 cm³/mol. The minimum Gasteiger partial charge on any atom is -0.508 e. The third kappa shape index (κ3) is 3.72. The first kappa shape index (κ1) is 21.9. The van der Waals surface area contributed by atoms with Gasteiger partial charge >= 0.3 is 0 Å². The molecule has 2 heterocycles. The second-order valence-corrected chi connectivity index (χ2v) is 7.29. The number of hydrogen-bond acceptors (Lipinski definition) is 11. The first-order chi connectivity index (χ1) is 15.2. The molecule has 1 unspecified atom stereocenters. The molecule has 1 aliphatic rings. The van der Waals surface area contributed by atoms with E-state index in [1.807, 2.05) is 0 Å². The van der Waals surface area contributed by atoms with Crippen molar-refractivity contribution in [3.8, 4) is 34.3 Å². The molecule has 170 valence electrons. The standard InChI is InChI=1S/C21H20O11/c22-7-13-15(25)17(27)19(29)21(32-13)30-10-5-11(24)14-12(6-10)31-20(18(28)16(14)26)8-1-3-9(23)4-2-8/h1-6,13,15,17,19,21-25,27-29H,7H2/t13-,15-,17+,19-,21?/m1/s1. The van der Waals surface area contributed by atoms with Gasteiger partial charge in [-0.15, -0.1) is 0 Å². The highest BCUT2D eigenvalue weighted by Crippen LogP contribution is 2.36. The van der Waals surface area contributed by atoms with E-state index < -0.39 is 54.2 Å². The van der Waals surface area contributed by atoms with Crippen LogP contribution < -0.4 is 10.2 Å². The summed E-state index contributed by atoms with van der Waals surface area (Å²) in [6.07, 6.45) is -7.67. The van der Waals surface area contributed by atoms with Gasteiger partial charge in [0.25, 0.3) is 0 Å². The summed E-state index contributed by atoms with van der Waals surface area (Å²) in [5.41, 5.74) is -0.805.